The van der Waals surface area contributed by atoms with Crippen LogP contribution in [0.4, 0.5) is 0 Å². The van der Waals surface area contributed by atoms with E-state index in [0.29, 0.717) is 13.0 Å². The van der Waals surface area contributed by atoms with Gasteiger partial charge < -0.3 is 4.74 Å². The Hall–Kier alpha value is -1.23. The van der Waals surface area contributed by atoms with Crippen LogP contribution in [-0.2, 0) is 9.53 Å². The molecule has 0 aromatic carbocycles. The van der Waals surface area contributed by atoms with Gasteiger partial charge in [-0.1, -0.05) is 17.6 Å². The summed E-state index contributed by atoms with van der Waals surface area (Å²) in [6, 6.07) is 0. The minimum atomic E-state index is -0.431. The third-order valence-electron chi connectivity index (χ3n) is 1.29. The van der Waals surface area contributed by atoms with E-state index in [1.807, 2.05) is 13.8 Å². The number of carbonyl (C=O) groups is 1. The fourth-order valence-corrected chi connectivity index (χ4v) is 0.735. The third kappa shape index (κ3) is 8.68. The summed E-state index contributed by atoms with van der Waals surface area (Å²) in [7, 11) is 0. The van der Waals surface area contributed by atoms with Crippen LogP contribution in [0.2, 0.25) is 0 Å². The number of hydrogen-bond acceptors (Lipinski definition) is 2. The van der Waals surface area contributed by atoms with Gasteiger partial charge in [0.1, 0.15) is 0 Å². The lowest BCUT2D eigenvalue weighted by atomic mass is 10.2. The molecule has 2 nitrogen and oxygen atoms in total. The summed E-state index contributed by atoms with van der Waals surface area (Å²) in [6.07, 6.45) is 3.71. The molecule has 0 aliphatic rings. The summed E-state index contributed by atoms with van der Waals surface area (Å²) < 4.78 is 4.64. The lowest BCUT2D eigenvalue weighted by Gasteiger charge is -1.90. The Morgan fingerprint density at radius 2 is 2.15 bits per heavy atom. The van der Waals surface area contributed by atoms with E-state index >= 15 is 0 Å². The van der Waals surface area contributed by atoms with Crippen molar-refractivity contribution in [2.24, 2.45) is 0 Å². The van der Waals surface area contributed by atoms with E-state index in [0.717, 1.165) is 6.42 Å². The normalized spacial score (nSPS) is 8.23. The summed E-state index contributed by atoms with van der Waals surface area (Å²) in [5, 5.41) is 0. The molecule has 0 saturated carbocycles. The minimum Gasteiger partial charge on any atom is -0.456 e. The van der Waals surface area contributed by atoms with Crippen LogP contribution in [0.3, 0.4) is 0 Å². The second-order valence-electron chi connectivity index (χ2n) is 2.84. The molecule has 0 aliphatic carbocycles. The van der Waals surface area contributed by atoms with Crippen molar-refractivity contribution >= 4 is 5.97 Å². The summed E-state index contributed by atoms with van der Waals surface area (Å²) >= 11 is 0. The van der Waals surface area contributed by atoms with Crippen molar-refractivity contribution in [3.05, 3.63) is 11.6 Å². The molecule has 0 saturated heterocycles. The largest absolute Gasteiger partial charge is 0.456 e. The van der Waals surface area contributed by atoms with Crippen LogP contribution in [-0.4, -0.2) is 12.6 Å². The summed E-state index contributed by atoms with van der Waals surface area (Å²) in [6.45, 7) is 6.24. The molecule has 0 rings (SSSR count). The number of esters is 1. The number of unbranched alkanes of at least 4 members (excludes halogenated alkanes) is 1. The maximum absolute atomic E-state index is 10.7. The van der Waals surface area contributed by atoms with E-state index < -0.39 is 5.97 Å². The second kappa shape index (κ2) is 7.42. The molecule has 0 N–H and O–H groups in total. The van der Waals surface area contributed by atoms with Crippen molar-refractivity contribution < 1.29 is 9.53 Å². The zero-order chi connectivity index (χ0) is 10.1. The Kier molecular flexibility index (Phi) is 6.72. The predicted octanol–water partition coefficient (Wildman–Crippen LogP) is 2.30. The van der Waals surface area contributed by atoms with Gasteiger partial charge in [-0.3, -0.25) is 0 Å². The fraction of sp³-hybridized carbons (Fsp3) is 0.545. The van der Waals surface area contributed by atoms with Gasteiger partial charge in [0, 0.05) is 12.3 Å². The monoisotopic (exact) mass is 180 g/mol. The van der Waals surface area contributed by atoms with E-state index in [1.54, 1.807) is 6.92 Å². The molecule has 72 valence electrons. The Balaban J connectivity index is 3.62. The number of allylic oxidation sites excluding steroid dienone is 2. The third-order valence-corrected chi connectivity index (χ3v) is 1.29. The van der Waals surface area contributed by atoms with E-state index in [2.05, 4.69) is 22.7 Å². The van der Waals surface area contributed by atoms with Gasteiger partial charge in [0.25, 0.3) is 0 Å². The topological polar surface area (TPSA) is 26.3 Å². The molecule has 0 aromatic rings. The summed E-state index contributed by atoms with van der Waals surface area (Å²) in [5.41, 5.74) is 1.28. The van der Waals surface area contributed by atoms with Crippen molar-refractivity contribution in [3.63, 3.8) is 0 Å². The molecule has 2 heteroatoms. The van der Waals surface area contributed by atoms with E-state index in [1.165, 1.54) is 5.57 Å². The zero-order valence-electron chi connectivity index (χ0n) is 8.52. The highest BCUT2D eigenvalue weighted by Gasteiger charge is 1.90. The summed E-state index contributed by atoms with van der Waals surface area (Å²) in [5.74, 6) is 4.74. The van der Waals surface area contributed by atoms with Gasteiger partial charge in [-0.25, -0.2) is 4.79 Å². The SMILES string of the molecule is CCOC(=O)C#CCCC=C(C)C. The average Bonchev–Trinajstić information content (AvgIpc) is 2.03. The van der Waals surface area contributed by atoms with Gasteiger partial charge >= 0.3 is 5.97 Å². The van der Waals surface area contributed by atoms with Crippen LogP contribution >= 0.6 is 0 Å². The lowest BCUT2D eigenvalue weighted by Crippen LogP contribution is -1.99. The lowest BCUT2D eigenvalue weighted by molar-refractivity contribution is -0.136. The molecule has 0 unspecified atom stereocenters. The van der Waals surface area contributed by atoms with Crippen LogP contribution in [0.15, 0.2) is 11.6 Å². The van der Waals surface area contributed by atoms with Crippen molar-refractivity contribution in [2.75, 3.05) is 6.61 Å². The van der Waals surface area contributed by atoms with Crippen LogP contribution in [0.5, 0.6) is 0 Å². The van der Waals surface area contributed by atoms with Gasteiger partial charge in [0.15, 0.2) is 0 Å². The van der Waals surface area contributed by atoms with E-state index in [4.69, 9.17) is 0 Å². The first-order valence-electron chi connectivity index (χ1n) is 4.45. The quantitative estimate of drug-likeness (QED) is 0.219. The number of carbonyl (C=O) groups excluding carboxylic acids is 1. The zero-order valence-corrected chi connectivity index (χ0v) is 8.52. The molecule has 0 fully saturated rings. The molecule has 0 atom stereocenters. The van der Waals surface area contributed by atoms with Crippen LogP contribution in [0, 0.1) is 11.8 Å². The maximum atomic E-state index is 10.7. The molecule has 0 spiro atoms. The minimum absolute atomic E-state index is 0.390. The Bertz CT molecular complexity index is 237. The molecule has 0 aromatic heterocycles. The first kappa shape index (κ1) is 11.8. The molecule has 0 heterocycles. The highest BCUT2D eigenvalue weighted by Crippen LogP contribution is 1.95. The summed E-state index contributed by atoms with van der Waals surface area (Å²) in [4.78, 5) is 10.7. The second-order valence-corrected chi connectivity index (χ2v) is 2.84. The van der Waals surface area contributed by atoms with Crippen LogP contribution in [0.1, 0.15) is 33.6 Å². The Morgan fingerprint density at radius 1 is 1.46 bits per heavy atom. The van der Waals surface area contributed by atoms with Gasteiger partial charge in [-0.05, 0) is 27.2 Å². The van der Waals surface area contributed by atoms with Crippen LogP contribution < -0.4 is 0 Å². The van der Waals surface area contributed by atoms with Crippen LogP contribution in [0.25, 0.3) is 0 Å². The Morgan fingerprint density at radius 3 is 2.69 bits per heavy atom. The molecule has 0 amide bonds. The van der Waals surface area contributed by atoms with Crippen molar-refractivity contribution in [1.29, 1.82) is 0 Å². The van der Waals surface area contributed by atoms with Gasteiger partial charge in [0.2, 0.25) is 0 Å². The van der Waals surface area contributed by atoms with Gasteiger partial charge in [-0.15, -0.1) is 0 Å². The van der Waals surface area contributed by atoms with E-state index in [-0.39, 0.29) is 0 Å². The fourth-order valence-electron chi connectivity index (χ4n) is 0.735. The van der Waals surface area contributed by atoms with Crippen molar-refractivity contribution in [2.45, 2.75) is 33.6 Å². The Labute approximate surface area is 80.0 Å². The first-order valence-corrected chi connectivity index (χ1v) is 4.45. The highest BCUT2D eigenvalue weighted by atomic mass is 16.5. The number of ether oxygens (including phenoxy) is 1. The smallest absolute Gasteiger partial charge is 0.384 e. The first-order chi connectivity index (χ1) is 6.16. The van der Waals surface area contributed by atoms with Crippen molar-refractivity contribution in [3.8, 4) is 11.8 Å². The molecule has 0 aliphatic heterocycles. The number of hydrogen-bond donors (Lipinski definition) is 0. The molecule has 0 radical (unpaired) electrons. The van der Waals surface area contributed by atoms with Gasteiger partial charge in [-0.2, -0.15) is 0 Å². The highest BCUT2D eigenvalue weighted by molar-refractivity contribution is 5.88. The van der Waals surface area contributed by atoms with Crippen molar-refractivity contribution in [1.82, 2.24) is 0 Å². The predicted molar refractivity (Wildman–Crippen MR) is 53.1 cm³/mol. The van der Waals surface area contributed by atoms with E-state index in [9.17, 15) is 4.79 Å². The average molecular weight is 180 g/mol. The molecular weight excluding hydrogens is 164 g/mol. The molecular formula is C11H16O2. The molecule has 0 bridgehead atoms. The number of rotatable bonds is 3. The maximum Gasteiger partial charge on any atom is 0.384 e. The molecule has 13 heavy (non-hydrogen) atoms. The van der Waals surface area contributed by atoms with Gasteiger partial charge in [0.05, 0.1) is 6.61 Å². The standard InChI is InChI=1S/C11H16O2/c1-4-13-11(12)9-7-5-6-8-10(2)3/h8H,4-6H2,1-3H3.